The Morgan fingerprint density at radius 2 is 1.71 bits per heavy atom. The predicted molar refractivity (Wildman–Crippen MR) is 175 cm³/mol. The number of phenols is 1. The van der Waals surface area contributed by atoms with E-state index >= 15 is 0 Å². The van der Waals surface area contributed by atoms with Gasteiger partial charge in [-0.25, -0.2) is 4.79 Å². The quantitative estimate of drug-likeness (QED) is 0.230. The number of Topliss-reactive ketones (excluding diaryl/α,β-unsaturated/α-hetero) is 1. The standard InChI is InChI=1S/C35H43N3O10/c1-18-14-24-29(38-34(44)22-10-12-23(39)13-11-22)26(40)17-25(31(24)42)37-33(43)19(2)8-7-9-27(46-5)32(48-35(36)45)21(4)16-20(3)30(41)28(15-18)47-6/h7-13,16-18,20,27-28,30,32,39,41H,14-15H2,1-6H3,(H2,36,45)(H,37,43)(H,38,44)/b9-7-,19-8+,21-16+/t18-,20+,27+,28+,30-,32-/m1/s1. The second-order valence-corrected chi connectivity index (χ2v) is 11.9. The molecular formula is C35H43N3O10. The van der Waals surface area contributed by atoms with Gasteiger partial charge in [0.15, 0.2) is 6.10 Å². The van der Waals surface area contributed by atoms with Crippen molar-refractivity contribution in [2.75, 3.05) is 14.2 Å². The Balaban J connectivity index is 2.09. The van der Waals surface area contributed by atoms with E-state index in [1.807, 2.05) is 0 Å². The third-order valence-corrected chi connectivity index (χ3v) is 8.16. The van der Waals surface area contributed by atoms with Gasteiger partial charge in [0.2, 0.25) is 11.6 Å². The molecule has 1 aliphatic heterocycles. The zero-order valence-electron chi connectivity index (χ0n) is 27.8. The van der Waals surface area contributed by atoms with E-state index in [2.05, 4.69) is 10.6 Å². The first kappa shape index (κ1) is 37.6. The molecule has 2 aliphatic rings. The smallest absolute Gasteiger partial charge is 0.405 e. The van der Waals surface area contributed by atoms with Crippen LogP contribution in [0.3, 0.4) is 0 Å². The van der Waals surface area contributed by atoms with Crippen molar-refractivity contribution in [3.8, 4) is 5.75 Å². The molecule has 1 heterocycles. The average molecular weight is 666 g/mol. The van der Waals surface area contributed by atoms with E-state index in [0.29, 0.717) is 5.57 Å². The van der Waals surface area contributed by atoms with Crippen molar-refractivity contribution in [1.29, 1.82) is 0 Å². The molecule has 0 radical (unpaired) electrons. The van der Waals surface area contributed by atoms with Crippen molar-refractivity contribution in [1.82, 2.24) is 10.6 Å². The molecule has 6 atom stereocenters. The highest BCUT2D eigenvalue weighted by molar-refractivity contribution is 6.24. The summed E-state index contributed by atoms with van der Waals surface area (Å²) in [5.74, 6) is -3.65. The molecule has 0 spiro atoms. The fourth-order valence-electron chi connectivity index (χ4n) is 5.52. The number of carbonyl (C=O) groups excluding carboxylic acids is 5. The van der Waals surface area contributed by atoms with E-state index in [1.54, 1.807) is 32.9 Å². The number of nitrogens with one attached hydrogen (secondary N) is 2. The highest BCUT2D eigenvalue weighted by Crippen LogP contribution is 2.29. The summed E-state index contributed by atoms with van der Waals surface area (Å²) in [4.78, 5) is 65.2. The molecule has 0 aromatic heterocycles. The Labute approximate surface area is 279 Å². The highest BCUT2D eigenvalue weighted by atomic mass is 16.6. The van der Waals surface area contributed by atoms with Gasteiger partial charge in [-0.2, -0.15) is 0 Å². The lowest BCUT2D eigenvalue weighted by atomic mass is 9.85. The maximum atomic E-state index is 13.8. The molecule has 258 valence electrons. The van der Waals surface area contributed by atoms with Gasteiger partial charge in [0.1, 0.15) is 11.9 Å². The second-order valence-electron chi connectivity index (χ2n) is 11.9. The fourth-order valence-corrected chi connectivity index (χ4v) is 5.52. The number of ketones is 2. The lowest BCUT2D eigenvalue weighted by Gasteiger charge is -2.30. The minimum atomic E-state index is -1.05. The number of rotatable bonds is 5. The van der Waals surface area contributed by atoms with Crippen molar-refractivity contribution in [3.63, 3.8) is 0 Å². The number of amides is 3. The SMILES string of the molecule is CO[C@H]1/C=C\C=C(/C)C(=O)NC2=CC(=O)C(NC(=O)c3ccc(O)cc3)=C(C[C@@H](C)C[C@H](OC)[C@H](O)[C@@H](C)/C=C(\C)[C@H]1OC(N)=O)C2=O. The first-order valence-electron chi connectivity index (χ1n) is 15.3. The van der Waals surface area contributed by atoms with Crippen molar-refractivity contribution in [3.05, 3.63) is 88.3 Å². The predicted octanol–water partition coefficient (Wildman–Crippen LogP) is 2.90. The maximum Gasteiger partial charge on any atom is 0.405 e. The van der Waals surface area contributed by atoms with Crippen LogP contribution in [-0.4, -0.2) is 78.3 Å². The molecule has 1 aromatic rings. The summed E-state index contributed by atoms with van der Waals surface area (Å²) in [6, 6.07) is 5.36. The normalized spacial score (nSPS) is 29.1. The van der Waals surface area contributed by atoms with Gasteiger partial charge in [-0.15, -0.1) is 0 Å². The van der Waals surface area contributed by atoms with Crippen molar-refractivity contribution >= 4 is 29.5 Å². The Hall–Kier alpha value is -4.85. The Bertz CT molecular complexity index is 1570. The van der Waals surface area contributed by atoms with Gasteiger partial charge in [0.05, 0.1) is 23.6 Å². The molecule has 48 heavy (non-hydrogen) atoms. The van der Waals surface area contributed by atoms with Gasteiger partial charge >= 0.3 is 6.09 Å². The fraction of sp³-hybridized carbons (Fsp3) is 0.400. The minimum absolute atomic E-state index is 0.0135. The molecular weight excluding hydrogens is 622 g/mol. The molecule has 2 bridgehead atoms. The Morgan fingerprint density at radius 3 is 2.31 bits per heavy atom. The number of benzene rings is 1. The first-order valence-corrected chi connectivity index (χ1v) is 15.3. The highest BCUT2D eigenvalue weighted by Gasteiger charge is 2.34. The number of fused-ring (bicyclic) bond motifs is 2. The van der Waals surface area contributed by atoms with Gasteiger partial charge in [0.25, 0.3) is 11.8 Å². The molecule has 0 unspecified atom stereocenters. The van der Waals surface area contributed by atoms with E-state index < -0.39 is 59.8 Å². The molecule has 0 saturated carbocycles. The zero-order valence-corrected chi connectivity index (χ0v) is 27.8. The molecule has 1 aliphatic carbocycles. The van der Waals surface area contributed by atoms with Crippen LogP contribution >= 0.6 is 0 Å². The molecule has 13 nitrogen and oxygen atoms in total. The third kappa shape index (κ3) is 9.59. The molecule has 6 N–H and O–H groups in total. The molecule has 3 amide bonds. The van der Waals surface area contributed by atoms with E-state index in [4.69, 9.17) is 19.9 Å². The molecule has 13 heteroatoms. The number of methoxy groups -OCH3 is 2. The van der Waals surface area contributed by atoms with Crippen LogP contribution < -0.4 is 16.4 Å². The third-order valence-electron chi connectivity index (χ3n) is 8.16. The van der Waals surface area contributed by atoms with E-state index in [1.165, 1.54) is 57.6 Å². The summed E-state index contributed by atoms with van der Waals surface area (Å²) in [6.45, 7) is 6.76. The zero-order chi connectivity index (χ0) is 35.7. The minimum Gasteiger partial charge on any atom is -0.508 e. The largest absolute Gasteiger partial charge is 0.508 e. The van der Waals surface area contributed by atoms with Crippen LogP contribution in [0.2, 0.25) is 0 Å². The second kappa shape index (κ2) is 16.8. The van der Waals surface area contributed by atoms with Crippen LogP contribution in [0.1, 0.15) is 50.9 Å². The van der Waals surface area contributed by atoms with Crippen molar-refractivity contribution < 1.29 is 48.4 Å². The average Bonchev–Trinajstić information content (AvgIpc) is 3.04. The van der Waals surface area contributed by atoms with Gasteiger partial charge in [0, 0.05) is 42.9 Å². The number of primary amides is 1. The van der Waals surface area contributed by atoms with Crippen molar-refractivity contribution in [2.24, 2.45) is 17.6 Å². The lowest BCUT2D eigenvalue weighted by Crippen LogP contribution is -2.38. The molecule has 1 aromatic carbocycles. The van der Waals surface area contributed by atoms with Crippen LogP contribution in [0.15, 0.2) is 82.8 Å². The first-order chi connectivity index (χ1) is 22.7. The Morgan fingerprint density at radius 1 is 1.04 bits per heavy atom. The summed E-state index contributed by atoms with van der Waals surface area (Å²) in [7, 11) is 2.84. The maximum absolute atomic E-state index is 13.8. The number of aliphatic hydroxyl groups is 1. The van der Waals surface area contributed by atoms with Gasteiger partial charge in [-0.1, -0.05) is 38.2 Å². The van der Waals surface area contributed by atoms with Crippen LogP contribution in [0.5, 0.6) is 5.75 Å². The number of aromatic hydroxyl groups is 1. The van der Waals surface area contributed by atoms with Crippen molar-refractivity contribution in [2.45, 2.75) is 65.0 Å². The van der Waals surface area contributed by atoms with Gasteiger partial charge < -0.3 is 40.8 Å². The summed E-state index contributed by atoms with van der Waals surface area (Å²) < 4.78 is 16.6. The number of carbonyl (C=O) groups is 5. The van der Waals surface area contributed by atoms with Crippen LogP contribution in [-0.2, 0) is 28.6 Å². The number of allylic oxidation sites excluding steroid dienone is 4. The molecule has 0 saturated heterocycles. The molecule has 3 rings (SSSR count). The molecule has 0 fully saturated rings. The lowest BCUT2D eigenvalue weighted by molar-refractivity contribution is -0.120. The van der Waals surface area contributed by atoms with Crippen LogP contribution in [0, 0.1) is 11.8 Å². The number of hydrogen-bond acceptors (Lipinski definition) is 10. The van der Waals surface area contributed by atoms with E-state index in [-0.39, 0.29) is 52.6 Å². The number of phenolic OH excluding ortho intramolecular Hbond substituents is 1. The summed E-state index contributed by atoms with van der Waals surface area (Å²) in [6.07, 6.45) is 2.80. The topological polar surface area (TPSA) is 204 Å². The summed E-state index contributed by atoms with van der Waals surface area (Å²) in [5.41, 5.74) is 5.66. The van der Waals surface area contributed by atoms with Gasteiger partial charge in [-0.3, -0.25) is 19.2 Å². The number of nitrogens with two attached hydrogens (primary N) is 1. The van der Waals surface area contributed by atoms with E-state index in [9.17, 15) is 34.2 Å². The van der Waals surface area contributed by atoms with Crippen LogP contribution in [0.25, 0.3) is 0 Å². The number of hydrogen-bond donors (Lipinski definition) is 5. The number of ether oxygens (including phenoxy) is 3. The van der Waals surface area contributed by atoms with Gasteiger partial charge in [-0.05, 0) is 62.4 Å². The number of aliphatic hydroxyl groups excluding tert-OH is 1. The Kier molecular flexibility index (Phi) is 13.2. The van der Waals surface area contributed by atoms with E-state index in [0.717, 1.165) is 6.08 Å². The van der Waals surface area contributed by atoms with Crippen LogP contribution in [0.4, 0.5) is 4.79 Å². The summed E-state index contributed by atoms with van der Waals surface area (Å²) >= 11 is 0. The summed E-state index contributed by atoms with van der Waals surface area (Å²) in [5, 5.41) is 26.0. The monoisotopic (exact) mass is 665 g/mol.